The van der Waals surface area contributed by atoms with E-state index in [1.165, 1.54) is 11.3 Å². The summed E-state index contributed by atoms with van der Waals surface area (Å²) in [6, 6.07) is 15.0. The fraction of sp³-hybridized carbons (Fsp3) is 0.143. The van der Waals surface area contributed by atoms with Gasteiger partial charge >= 0.3 is 0 Å². The Morgan fingerprint density at radius 2 is 1.94 bits per heavy atom. The number of nitriles is 1. The molecule has 1 unspecified atom stereocenters. The van der Waals surface area contributed by atoms with E-state index in [1.54, 1.807) is 18.2 Å². The molecule has 0 spiro atoms. The van der Waals surface area contributed by atoms with Crippen LogP contribution >= 0.6 is 11.3 Å². The number of benzene rings is 1. The van der Waals surface area contributed by atoms with E-state index in [4.69, 9.17) is 5.26 Å². The zero-order chi connectivity index (χ0) is 12.3. The maximum absolute atomic E-state index is 12.1. The molecule has 0 N–H and O–H groups in total. The van der Waals surface area contributed by atoms with Gasteiger partial charge in [0.2, 0.25) is 5.78 Å². The maximum Gasteiger partial charge on any atom is 0.202 e. The van der Waals surface area contributed by atoms with Crippen molar-refractivity contribution in [3.8, 4) is 6.07 Å². The molecule has 0 radical (unpaired) electrons. The van der Waals surface area contributed by atoms with Gasteiger partial charge in [0.05, 0.1) is 16.9 Å². The minimum absolute atomic E-state index is 0.0204. The summed E-state index contributed by atoms with van der Waals surface area (Å²) in [7, 11) is 0. The summed E-state index contributed by atoms with van der Waals surface area (Å²) in [5, 5.41) is 8.82. The van der Waals surface area contributed by atoms with Crippen LogP contribution < -0.4 is 0 Å². The summed E-state index contributed by atoms with van der Waals surface area (Å²) in [6.45, 7) is 1.84. The highest BCUT2D eigenvalue weighted by molar-refractivity contribution is 7.14. The number of ketones is 1. The molecule has 2 nitrogen and oxygen atoms in total. The van der Waals surface area contributed by atoms with Crippen molar-refractivity contribution in [2.45, 2.75) is 12.8 Å². The number of rotatable bonds is 3. The Bertz CT molecular complexity index is 565. The van der Waals surface area contributed by atoms with Gasteiger partial charge in [-0.15, -0.1) is 11.3 Å². The number of hydrogen-bond donors (Lipinski definition) is 0. The summed E-state index contributed by atoms with van der Waals surface area (Å²) in [5.74, 6) is -0.135. The highest BCUT2D eigenvalue weighted by Gasteiger charge is 2.13. The Kier molecular flexibility index (Phi) is 3.36. The minimum atomic E-state index is -0.155. The van der Waals surface area contributed by atoms with Gasteiger partial charge in [-0.05, 0) is 19.1 Å². The van der Waals surface area contributed by atoms with Crippen LogP contribution in [0.2, 0.25) is 0 Å². The van der Waals surface area contributed by atoms with Crippen LogP contribution in [0.3, 0.4) is 0 Å². The first-order chi connectivity index (χ1) is 8.22. The monoisotopic (exact) mass is 241 g/mol. The summed E-state index contributed by atoms with van der Waals surface area (Å²) in [6.07, 6.45) is 0. The predicted molar refractivity (Wildman–Crippen MR) is 68.2 cm³/mol. The molecule has 0 amide bonds. The average Bonchev–Trinajstić information content (AvgIpc) is 2.87. The van der Waals surface area contributed by atoms with E-state index in [0.717, 1.165) is 4.88 Å². The van der Waals surface area contributed by atoms with Crippen LogP contribution in [0.5, 0.6) is 0 Å². The van der Waals surface area contributed by atoms with Crippen molar-refractivity contribution < 1.29 is 4.79 Å². The minimum Gasteiger partial charge on any atom is -0.288 e. The molecule has 3 heteroatoms. The van der Waals surface area contributed by atoms with Crippen LogP contribution in [-0.2, 0) is 0 Å². The van der Waals surface area contributed by atoms with Crippen LogP contribution in [0.4, 0.5) is 0 Å². The van der Waals surface area contributed by atoms with E-state index >= 15 is 0 Å². The molecule has 1 heterocycles. The maximum atomic E-state index is 12.1. The molecule has 0 fully saturated rings. The lowest BCUT2D eigenvalue weighted by Crippen LogP contribution is -1.97. The van der Waals surface area contributed by atoms with E-state index < -0.39 is 0 Å². The van der Waals surface area contributed by atoms with Crippen molar-refractivity contribution >= 4 is 17.1 Å². The van der Waals surface area contributed by atoms with E-state index in [2.05, 4.69) is 6.07 Å². The zero-order valence-electron chi connectivity index (χ0n) is 9.38. The quantitative estimate of drug-likeness (QED) is 0.770. The molecule has 84 valence electrons. The van der Waals surface area contributed by atoms with Crippen molar-refractivity contribution in [3.05, 3.63) is 57.8 Å². The van der Waals surface area contributed by atoms with Gasteiger partial charge in [0.1, 0.15) is 0 Å². The Balaban J connectivity index is 2.28. The first-order valence-electron chi connectivity index (χ1n) is 5.31. The van der Waals surface area contributed by atoms with Crippen LogP contribution in [0.25, 0.3) is 0 Å². The summed E-state index contributed by atoms with van der Waals surface area (Å²) in [4.78, 5) is 13.7. The fourth-order valence-corrected chi connectivity index (χ4v) is 2.47. The molecule has 1 aromatic carbocycles. The topological polar surface area (TPSA) is 40.9 Å². The Morgan fingerprint density at radius 3 is 2.59 bits per heavy atom. The van der Waals surface area contributed by atoms with Crippen LogP contribution in [0, 0.1) is 11.3 Å². The molecule has 1 aromatic heterocycles. The smallest absolute Gasteiger partial charge is 0.202 e. The second-order valence-corrected chi connectivity index (χ2v) is 4.86. The molecule has 0 aliphatic rings. The van der Waals surface area contributed by atoms with E-state index in [0.29, 0.717) is 10.4 Å². The molecule has 0 saturated carbocycles. The third kappa shape index (κ3) is 2.43. The molecule has 2 aromatic rings. The molecule has 2 rings (SSSR count). The van der Waals surface area contributed by atoms with Gasteiger partial charge < -0.3 is 0 Å². The van der Waals surface area contributed by atoms with E-state index in [9.17, 15) is 4.79 Å². The average molecular weight is 241 g/mol. The van der Waals surface area contributed by atoms with Crippen molar-refractivity contribution in [2.75, 3.05) is 0 Å². The highest BCUT2D eigenvalue weighted by Crippen LogP contribution is 2.25. The number of thiophene rings is 1. The van der Waals surface area contributed by atoms with Gasteiger partial charge in [0.15, 0.2) is 0 Å². The standard InChI is InChI=1S/C14H11NOS/c1-10(9-15)12-7-8-13(17-12)14(16)11-5-3-2-4-6-11/h2-8,10H,1H3. The first kappa shape index (κ1) is 11.6. The van der Waals surface area contributed by atoms with Crippen molar-refractivity contribution in [1.29, 1.82) is 5.26 Å². The van der Waals surface area contributed by atoms with Crippen molar-refractivity contribution in [3.63, 3.8) is 0 Å². The third-order valence-electron chi connectivity index (χ3n) is 2.51. The zero-order valence-corrected chi connectivity index (χ0v) is 10.2. The molecule has 0 saturated heterocycles. The van der Waals surface area contributed by atoms with E-state index in [1.807, 2.05) is 31.2 Å². The number of carbonyl (C=O) groups is 1. The molecular weight excluding hydrogens is 230 g/mol. The second-order valence-electron chi connectivity index (χ2n) is 3.75. The van der Waals surface area contributed by atoms with Gasteiger partial charge in [-0.25, -0.2) is 0 Å². The number of nitrogens with zero attached hydrogens (tertiary/aromatic N) is 1. The van der Waals surface area contributed by atoms with Crippen LogP contribution in [-0.4, -0.2) is 5.78 Å². The normalized spacial score (nSPS) is 11.8. The molecule has 1 atom stereocenters. The second kappa shape index (κ2) is 4.94. The van der Waals surface area contributed by atoms with Gasteiger partial charge in [-0.3, -0.25) is 4.79 Å². The lowest BCUT2D eigenvalue weighted by atomic mass is 10.1. The molecule has 17 heavy (non-hydrogen) atoms. The Hall–Kier alpha value is -1.92. The van der Waals surface area contributed by atoms with Crippen molar-refractivity contribution in [1.82, 2.24) is 0 Å². The SMILES string of the molecule is CC(C#N)c1ccc(C(=O)c2ccccc2)s1. The summed E-state index contributed by atoms with van der Waals surface area (Å²) >= 11 is 1.40. The Morgan fingerprint density at radius 1 is 1.24 bits per heavy atom. The van der Waals surface area contributed by atoms with Gasteiger partial charge in [0.25, 0.3) is 0 Å². The lowest BCUT2D eigenvalue weighted by molar-refractivity contribution is 0.104. The molecule has 0 bridgehead atoms. The summed E-state index contributed by atoms with van der Waals surface area (Å²) < 4.78 is 0. The lowest BCUT2D eigenvalue weighted by Gasteiger charge is -1.97. The van der Waals surface area contributed by atoms with Crippen molar-refractivity contribution in [2.24, 2.45) is 0 Å². The molecule has 0 aliphatic carbocycles. The number of carbonyl (C=O) groups excluding carboxylic acids is 1. The highest BCUT2D eigenvalue weighted by atomic mass is 32.1. The summed E-state index contributed by atoms with van der Waals surface area (Å²) in [5.41, 5.74) is 0.686. The van der Waals surface area contributed by atoms with E-state index in [-0.39, 0.29) is 11.7 Å². The van der Waals surface area contributed by atoms with Gasteiger partial charge in [-0.2, -0.15) is 5.26 Å². The first-order valence-corrected chi connectivity index (χ1v) is 6.13. The largest absolute Gasteiger partial charge is 0.288 e. The van der Waals surface area contributed by atoms with Gasteiger partial charge in [0, 0.05) is 10.4 Å². The van der Waals surface area contributed by atoms with Crippen LogP contribution in [0.1, 0.15) is 33.0 Å². The third-order valence-corrected chi connectivity index (χ3v) is 3.77. The Labute approximate surface area is 104 Å². The molecule has 0 aliphatic heterocycles. The molecular formula is C14H11NOS. The van der Waals surface area contributed by atoms with Crippen LogP contribution in [0.15, 0.2) is 42.5 Å². The predicted octanol–water partition coefficient (Wildman–Crippen LogP) is 3.61. The number of hydrogen-bond acceptors (Lipinski definition) is 3. The van der Waals surface area contributed by atoms with Gasteiger partial charge in [-0.1, -0.05) is 30.3 Å². The fourth-order valence-electron chi connectivity index (χ4n) is 1.50.